The summed E-state index contributed by atoms with van der Waals surface area (Å²) in [4.78, 5) is 11.4. The number of carbonyl (C=O) groups excluding carboxylic acids is 1. The molecule has 20 heavy (non-hydrogen) atoms. The average Bonchev–Trinajstić information content (AvgIpc) is 2.87. The van der Waals surface area contributed by atoms with Gasteiger partial charge < -0.3 is 4.74 Å². The zero-order valence-corrected chi connectivity index (χ0v) is 13.0. The quantitative estimate of drug-likeness (QED) is 0.642. The number of nitrogens with zero attached hydrogens (tertiary/aromatic N) is 1. The van der Waals surface area contributed by atoms with E-state index in [9.17, 15) is 21.6 Å². The zero-order chi connectivity index (χ0) is 15.0. The van der Waals surface area contributed by atoms with Crippen LogP contribution in [0.2, 0.25) is 0 Å². The predicted octanol–water partition coefficient (Wildman–Crippen LogP) is -0.612. The molecule has 1 atom stereocenters. The molecule has 0 bridgehead atoms. The predicted molar refractivity (Wildman–Crippen MR) is 72.3 cm³/mol. The van der Waals surface area contributed by atoms with Gasteiger partial charge in [-0.15, -0.1) is 0 Å². The van der Waals surface area contributed by atoms with Gasteiger partial charge in [0, 0.05) is 13.1 Å². The molecule has 2 aliphatic heterocycles. The van der Waals surface area contributed by atoms with Gasteiger partial charge >= 0.3 is 5.97 Å². The molecule has 9 heteroatoms. The molecule has 0 spiro atoms. The van der Waals surface area contributed by atoms with Crippen LogP contribution in [-0.4, -0.2) is 64.1 Å². The van der Waals surface area contributed by atoms with Crippen LogP contribution >= 0.6 is 0 Å². The lowest BCUT2D eigenvalue weighted by atomic mass is 10.1. The van der Waals surface area contributed by atoms with E-state index < -0.39 is 37.0 Å². The third-order valence-corrected chi connectivity index (χ3v) is 8.05. The summed E-state index contributed by atoms with van der Waals surface area (Å²) in [5, 5.41) is -0.651. The maximum atomic E-state index is 12.4. The second-order valence-corrected chi connectivity index (χ2v) is 9.78. The Morgan fingerprint density at radius 3 is 2.35 bits per heavy atom. The molecule has 2 fully saturated rings. The number of methoxy groups -OCH3 is 1. The highest BCUT2D eigenvalue weighted by Gasteiger charge is 2.41. The topological polar surface area (TPSA) is 97.8 Å². The minimum atomic E-state index is -3.53. The lowest BCUT2D eigenvalue weighted by molar-refractivity contribution is -0.144. The minimum absolute atomic E-state index is 0.0782. The Bertz CT molecular complexity index is 568. The van der Waals surface area contributed by atoms with Crippen molar-refractivity contribution in [3.8, 4) is 0 Å². The molecule has 2 saturated heterocycles. The number of rotatable bonds is 3. The summed E-state index contributed by atoms with van der Waals surface area (Å²) in [5.74, 6) is -0.966. The monoisotopic (exact) mass is 325 g/mol. The number of hydrogen-bond acceptors (Lipinski definition) is 6. The van der Waals surface area contributed by atoms with Crippen molar-refractivity contribution < 1.29 is 26.4 Å². The lowest BCUT2D eigenvalue weighted by Crippen LogP contribution is -2.42. The van der Waals surface area contributed by atoms with Crippen molar-refractivity contribution in [2.75, 3.05) is 31.7 Å². The number of carbonyl (C=O) groups is 1. The number of esters is 1. The van der Waals surface area contributed by atoms with Gasteiger partial charge in [-0.25, -0.2) is 21.1 Å². The first kappa shape index (κ1) is 15.7. The van der Waals surface area contributed by atoms with Gasteiger partial charge in [-0.2, -0.15) is 0 Å². The molecule has 2 aliphatic rings. The van der Waals surface area contributed by atoms with Crippen molar-refractivity contribution in [2.45, 2.75) is 24.5 Å². The second kappa shape index (κ2) is 5.61. The van der Waals surface area contributed by atoms with Crippen LogP contribution in [-0.2, 0) is 29.4 Å². The molecule has 0 saturated carbocycles. The maximum Gasteiger partial charge on any atom is 0.310 e. The molecule has 0 amide bonds. The van der Waals surface area contributed by atoms with Gasteiger partial charge in [-0.1, -0.05) is 0 Å². The Kier molecular flexibility index (Phi) is 4.41. The average molecular weight is 325 g/mol. The van der Waals surface area contributed by atoms with Gasteiger partial charge in [0.1, 0.15) is 9.84 Å². The molecule has 116 valence electrons. The second-order valence-electron chi connectivity index (χ2n) is 5.26. The van der Waals surface area contributed by atoms with Gasteiger partial charge in [0.2, 0.25) is 10.0 Å². The first-order valence-corrected chi connectivity index (χ1v) is 9.86. The molecule has 2 rings (SSSR count). The van der Waals surface area contributed by atoms with E-state index in [1.54, 1.807) is 0 Å². The van der Waals surface area contributed by atoms with E-state index in [2.05, 4.69) is 4.74 Å². The van der Waals surface area contributed by atoms with Gasteiger partial charge in [0.25, 0.3) is 0 Å². The molecule has 0 aromatic carbocycles. The largest absolute Gasteiger partial charge is 0.469 e. The van der Waals surface area contributed by atoms with Gasteiger partial charge in [0.15, 0.2) is 0 Å². The fraction of sp³-hybridized carbons (Fsp3) is 0.909. The van der Waals surface area contributed by atoms with E-state index in [0.717, 1.165) is 0 Å². The summed E-state index contributed by atoms with van der Waals surface area (Å²) >= 11 is 0. The fourth-order valence-electron chi connectivity index (χ4n) is 2.70. The van der Waals surface area contributed by atoms with E-state index in [-0.39, 0.29) is 30.9 Å². The van der Waals surface area contributed by atoms with Crippen molar-refractivity contribution >= 4 is 25.8 Å². The number of ether oxygens (including phenoxy) is 1. The molecule has 7 nitrogen and oxygen atoms in total. The van der Waals surface area contributed by atoms with Crippen LogP contribution in [0.3, 0.4) is 0 Å². The van der Waals surface area contributed by atoms with Crippen LogP contribution in [0.4, 0.5) is 0 Å². The van der Waals surface area contributed by atoms with E-state index in [1.807, 2.05) is 0 Å². The maximum absolute atomic E-state index is 12.4. The van der Waals surface area contributed by atoms with Crippen molar-refractivity contribution in [3.05, 3.63) is 0 Å². The van der Waals surface area contributed by atoms with E-state index in [1.165, 1.54) is 11.4 Å². The first-order chi connectivity index (χ1) is 9.26. The van der Waals surface area contributed by atoms with Crippen LogP contribution in [0.1, 0.15) is 19.3 Å². The fourth-order valence-corrected chi connectivity index (χ4v) is 6.49. The summed E-state index contributed by atoms with van der Waals surface area (Å²) in [6.07, 6.45) is 0.741. The SMILES string of the molecule is COC(=O)C1CCN(S(=O)(=O)C2CCS(=O)(=O)CC2)C1. The highest BCUT2D eigenvalue weighted by Crippen LogP contribution is 2.27. The Hall–Kier alpha value is -0.670. The normalized spacial score (nSPS) is 28.4. The number of sulfonamides is 1. The smallest absolute Gasteiger partial charge is 0.310 e. The Morgan fingerprint density at radius 2 is 1.80 bits per heavy atom. The van der Waals surface area contributed by atoms with Crippen LogP contribution in [0.15, 0.2) is 0 Å². The van der Waals surface area contributed by atoms with Crippen LogP contribution < -0.4 is 0 Å². The Balaban J connectivity index is 2.03. The Labute approximate surface area is 119 Å². The minimum Gasteiger partial charge on any atom is -0.469 e. The van der Waals surface area contributed by atoms with Crippen LogP contribution in [0.5, 0.6) is 0 Å². The lowest BCUT2D eigenvalue weighted by Gasteiger charge is -2.26. The zero-order valence-electron chi connectivity index (χ0n) is 11.3. The molecule has 0 aromatic heterocycles. The van der Waals surface area contributed by atoms with Crippen molar-refractivity contribution in [1.82, 2.24) is 4.31 Å². The molecule has 0 N–H and O–H groups in total. The van der Waals surface area contributed by atoms with Crippen LogP contribution in [0.25, 0.3) is 0 Å². The summed E-state index contributed by atoms with van der Waals surface area (Å²) in [7, 11) is -5.33. The summed E-state index contributed by atoms with van der Waals surface area (Å²) in [5.41, 5.74) is 0. The summed E-state index contributed by atoms with van der Waals surface area (Å²) in [6, 6.07) is 0. The van der Waals surface area contributed by atoms with Crippen molar-refractivity contribution in [1.29, 1.82) is 0 Å². The van der Waals surface area contributed by atoms with E-state index in [4.69, 9.17) is 0 Å². The molecule has 0 aromatic rings. The summed E-state index contributed by atoms with van der Waals surface area (Å²) < 4.78 is 53.5. The van der Waals surface area contributed by atoms with Gasteiger partial charge in [0.05, 0.1) is 29.8 Å². The van der Waals surface area contributed by atoms with Crippen molar-refractivity contribution in [2.24, 2.45) is 5.92 Å². The third kappa shape index (κ3) is 3.15. The molecular weight excluding hydrogens is 306 g/mol. The molecular formula is C11H19NO6S2. The standard InChI is InChI=1S/C11H19NO6S2/c1-18-11(13)9-2-5-12(8-9)20(16,17)10-3-6-19(14,15)7-4-10/h9-10H,2-8H2,1H3. The van der Waals surface area contributed by atoms with E-state index in [0.29, 0.717) is 13.0 Å². The third-order valence-electron chi connectivity index (χ3n) is 3.97. The van der Waals surface area contributed by atoms with Gasteiger partial charge in [-0.3, -0.25) is 4.79 Å². The first-order valence-electron chi connectivity index (χ1n) is 6.53. The molecule has 1 unspecified atom stereocenters. The highest BCUT2D eigenvalue weighted by atomic mass is 32.2. The Morgan fingerprint density at radius 1 is 1.20 bits per heavy atom. The molecule has 2 heterocycles. The summed E-state index contributed by atoms with van der Waals surface area (Å²) in [6.45, 7) is 0.434. The molecule has 0 radical (unpaired) electrons. The number of sulfone groups is 1. The van der Waals surface area contributed by atoms with Gasteiger partial charge in [-0.05, 0) is 19.3 Å². The van der Waals surface area contributed by atoms with E-state index >= 15 is 0 Å². The van der Waals surface area contributed by atoms with Crippen molar-refractivity contribution in [3.63, 3.8) is 0 Å². The van der Waals surface area contributed by atoms with Crippen LogP contribution in [0, 0.1) is 5.92 Å². The molecule has 0 aliphatic carbocycles. The number of hydrogen-bond donors (Lipinski definition) is 0. The highest BCUT2D eigenvalue weighted by molar-refractivity contribution is 7.92.